The van der Waals surface area contributed by atoms with Crippen molar-refractivity contribution < 1.29 is 0 Å². The molecule has 1 N–H and O–H groups in total. The Balaban J connectivity index is 1.96. The van der Waals surface area contributed by atoms with Crippen LogP contribution in [0.3, 0.4) is 0 Å². The summed E-state index contributed by atoms with van der Waals surface area (Å²) in [5, 5.41) is 3.61. The molecule has 2 rings (SSSR count). The number of nitrogens with zero attached hydrogens (tertiary/aromatic N) is 2. The number of rotatable bonds is 6. The van der Waals surface area contributed by atoms with Crippen LogP contribution in [0.15, 0.2) is 48.8 Å². The van der Waals surface area contributed by atoms with Gasteiger partial charge in [-0.3, -0.25) is 9.97 Å². The standard InChI is InChI=1S/C16H21N3/c1-3-16(2,15-9-5-7-12-18-15)19-13-10-14-8-4-6-11-17-14/h4-9,11-12,19H,3,10,13H2,1-2H3. The van der Waals surface area contributed by atoms with Gasteiger partial charge in [-0.15, -0.1) is 0 Å². The van der Waals surface area contributed by atoms with Crippen LogP contribution in [0.4, 0.5) is 0 Å². The SMILES string of the molecule is CCC(C)(NCCc1ccccn1)c1ccccn1. The number of pyridine rings is 2. The lowest BCUT2D eigenvalue weighted by molar-refractivity contribution is 0.346. The molecule has 0 amide bonds. The van der Waals surface area contributed by atoms with Gasteiger partial charge in [-0.25, -0.2) is 0 Å². The van der Waals surface area contributed by atoms with Crippen molar-refractivity contribution in [3.8, 4) is 0 Å². The summed E-state index contributed by atoms with van der Waals surface area (Å²) in [6.07, 6.45) is 5.63. The Hall–Kier alpha value is -1.74. The van der Waals surface area contributed by atoms with Crippen molar-refractivity contribution >= 4 is 0 Å². The number of aromatic nitrogens is 2. The molecular formula is C16H21N3. The summed E-state index contributed by atoms with van der Waals surface area (Å²) in [5.41, 5.74) is 2.14. The lowest BCUT2D eigenvalue weighted by Crippen LogP contribution is -2.40. The number of nitrogens with one attached hydrogen (secondary N) is 1. The molecule has 2 aromatic heterocycles. The van der Waals surface area contributed by atoms with Crippen molar-refractivity contribution in [2.45, 2.75) is 32.2 Å². The smallest absolute Gasteiger partial charge is 0.0601 e. The monoisotopic (exact) mass is 255 g/mol. The lowest BCUT2D eigenvalue weighted by Gasteiger charge is -2.29. The zero-order chi connectivity index (χ0) is 13.6. The molecule has 2 heterocycles. The van der Waals surface area contributed by atoms with Crippen LogP contribution in [0.1, 0.15) is 31.7 Å². The van der Waals surface area contributed by atoms with Crippen molar-refractivity contribution in [2.75, 3.05) is 6.54 Å². The third kappa shape index (κ3) is 3.61. The fourth-order valence-electron chi connectivity index (χ4n) is 2.10. The van der Waals surface area contributed by atoms with Gasteiger partial charge in [0, 0.05) is 31.1 Å². The summed E-state index contributed by atoms with van der Waals surface area (Å²) in [6, 6.07) is 12.1. The van der Waals surface area contributed by atoms with E-state index in [-0.39, 0.29) is 5.54 Å². The van der Waals surface area contributed by atoms with E-state index in [1.165, 1.54) is 0 Å². The topological polar surface area (TPSA) is 37.8 Å². The molecule has 1 unspecified atom stereocenters. The van der Waals surface area contributed by atoms with Crippen LogP contribution in [0.2, 0.25) is 0 Å². The van der Waals surface area contributed by atoms with E-state index in [0.717, 1.165) is 30.8 Å². The Kier molecular flexibility index (Phi) is 4.63. The average molecular weight is 255 g/mol. The van der Waals surface area contributed by atoms with Gasteiger partial charge in [0.1, 0.15) is 0 Å². The highest BCUT2D eigenvalue weighted by Gasteiger charge is 2.24. The van der Waals surface area contributed by atoms with Crippen LogP contribution in [-0.4, -0.2) is 16.5 Å². The Bertz CT molecular complexity index is 484. The largest absolute Gasteiger partial charge is 0.306 e. The molecule has 19 heavy (non-hydrogen) atoms. The normalized spacial score (nSPS) is 14.0. The summed E-state index contributed by atoms with van der Waals surface area (Å²) in [6.45, 7) is 5.29. The minimum Gasteiger partial charge on any atom is -0.306 e. The molecule has 0 fully saturated rings. The Morgan fingerprint density at radius 2 is 1.79 bits per heavy atom. The molecule has 0 aliphatic heterocycles. The molecule has 1 atom stereocenters. The maximum absolute atomic E-state index is 4.47. The van der Waals surface area contributed by atoms with Gasteiger partial charge < -0.3 is 5.32 Å². The van der Waals surface area contributed by atoms with E-state index < -0.39 is 0 Å². The first-order chi connectivity index (χ1) is 9.24. The van der Waals surface area contributed by atoms with Gasteiger partial charge >= 0.3 is 0 Å². The van der Waals surface area contributed by atoms with Gasteiger partial charge in [-0.05, 0) is 37.6 Å². The predicted molar refractivity (Wildman–Crippen MR) is 77.8 cm³/mol. The summed E-state index contributed by atoms with van der Waals surface area (Å²) < 4.78 is 0. The minimum absolute atomic E-state index is 0.0734. The van der Waals surface area contributed by atoms with Gasteiger partial charge in [-0.2, -0.15) is 0 Å². The van der Waals surface area contributed by atoms with Gasteiger partial charge in [0.05, 0.1) is 11.2 Å². The van der Waals surface area contributed by atoms with Gasteiger partial charge in [0.2, 0.25) is 0 Å². The second kappa shape index (κ2) is 6.43. The van der Waals surface area contributed by atoms with E-state index in [9.17, 15) is 0 Å². The highest BCUT2D eigenvalue weighted by atomic mass is 15.0. The molecule has 0 aliphatic carbocycles. The van der Waals surface area contributed by atoms with Crippen molar-refractivity contribution in [3.05, 3.63) is 60.2 Å². The first kappa shape index (κ1) is 13.7. The van der Waals surface area contributed by atoms with Gasteiger partial charge in [-0.1, -0.05) is 19.1 Å². The number of hydrogen-bond acceptors (Lipinski definition) is 3. The molecule has 0 aromatic carbocycles. The summed E-state index contributed by atoms with van der Waals surface area (Å²) in [4.78, 5) is 8.81. The van der Waals surface area contributed by atoms with Crippen molar-refractivity contribution in [3.63, 3.8) is 0 Å². The fraction of sp³-hybridized carbons (Fsp3) is 0.375. The Morgan fingerprint density at radius 1 is 1.05 bits per heavy atom. The second-order valence-electron chi connectivity index (χ2n) is 4.90. The Labute approximate surface area is 115 Å². The van der Waals surface area contributed by atoms with Crippen molar-refractivity contribution in [2.24, 2.45) is 0 Å². The number of hydrogen-bond donors (Lipinski definition) is 1. The fourth-order valence-corrected chi connectivity index (χ4v) is 2.10. The van der Waals surface area contributed by atoms with Crippen LogP contribution in [0.25, 0.3) is 0 Å². The average Bonchev–Trinajstić information content (AvgIpc) is 2.49. The molecule has 2 aromatic rings. The van der Waals surface area contributed by atoms with Crippen LogP contribution < -0.4 is 5.32 Å². The van der Waals surface area contributed by atoms with Gasteiger partial charge in [0.15, 0.2) is 0 Å². The molecular weight excluding hydrogens is 234 g/mol. The van der Waals surface area contributed by atoms with Gasteiger partial charge in [0.25, 0.3) is 0 Å². The van der Waals surface area contributed by atoms with Crippen LogP contribution >= 0.6 is 0 Å². The molecule has 100 valence electrons. The maximum atomic E-state index is 4.47. The summed E-state index contributed by atoms with van der Waals surface area (Å²) in [5.74, 6) is 0. The zero-order valence-corrected chi connectivity index (χ0v) is 11.6. The molecule has 0 saturated carbocycles. The zero-order valence-electron chi connectivity index (χ0n) is 11.6. The van der Waals surface area contributed by atoms with E-state index >= 15 is 0 Å². The van der Waals surface area contributed by atoms with Crippen molar-refractivity contribution in [1.82, 2.24) is 15.3 Å². The van der Waals surface area contributed by atoms with E-state index in [1.54, 1.807) is 0 Å². The summed E-state index contributed by atoms with van der Waals surface area (Å²) in [7, 11) is 0. The third-order valence-corrected chi connectivity index (χ3v) is 3.56. The molecule has 0 radical (unpaired) electrons. The highest BCUT2D eigenvalue weighted by Crippen LogP contribution is 2.21. The van der Waals surface area contributed by atoms with Crippen molar-refractivity contribution in [1.29, 1.82) is 0 Å². The molecule has 3 nitrogen and oxygen atoms in total. The lowest BCUT2D eigenvalue weighted by atomic mass is 9.93. The van der Waals surface area contributed by atoms with E-state index in [1.807, 2.05) is 36.7 Å². The quantitative estimate of drug-likeness (QED) is 0.862. The first-order valence-electron chi connectivity index (χ1n) is 6.81. The Morgan fingerprint density at radius 3 is 2.37 bits per heavy atom. The first-order valence-corrected chi connectivity index (χ1v) is 6.81. The van der Waals surface area contributed by atoms with E-state index in [2.05, 4.69) is 41.3 Å². The van der Waals surface area contributed by atoms with E-state index in [0.29, 0.717) is 0 Å². The third-order valence-electron chi connectivity index (χ3n) is 3.56. The molecule has 0 spiro atoms. The second-order valence-corrected chi connectivity index (χ2v) is 4.90. The van der Waals surface area contributed by atoms with Crippen LogP contribution in [-0.2, 0) is 12.0 Å². The van der Waals surface area contributed by atoms with Crippen LogP contribution in [0.5, 0.6) is 0 Å². The van der Waals surface area contributed by atoms with E-state index in [4.69, 9.17) is 0 Å². The molecule has 0 aliphatic rings. The maximum Gasteiger partial charge on any atom is 0.0601 e. The molecule has 3 heteroatoms. The summed E-state index contributed by atoms with van der Waals surface area (Å²) >= 11 is 0. The predicted octanol–water partition coefficient (Wildman–Crippen LogP) is 2.93. The molecule has 0 saturated heterocycles. The molecule has 0 bridgehead atoms. The van der Waals surface area contributed by atoms with Crippen LogP contribution in [0, 0.1) is 0 Å². The highest BCUT2D eigenvalue weighted by molar-refractivity contribution is 5.14. The minimum atomic E-state index is -0.0734.